The minimum absolute atomic E-state index is 0.176. The van der Waals surface area contributed by atoms with Crippen molar-refractivity contribution < 1.29 is 4.74 Å². The molecule has 1 aromatic carbocycles. The Bertz CT molecular complexity index is 396. The molecule has 0 bridgehead atoms. The minimum Gasteiger partial charge on any atom is -0.492 e. The molecule has 0 atom stereocenters. The second-order valence-corrected chi connectivity index (χ2v) is 6.74. The van der Waals surface area contributed by atoms with Crippen LogP contribution in [0.3, 0.4) is 0 Å². The topological polar surface area (TPSA) is 9.23 Å². The van der Waals surface area contributed by atoms with Crippen molar-refractivity contribution in [2.24, 2.45) is 5.41 Å². The molecule has 1 heteroatoms. The number of rotatable bonds is 1. The minimum atomic E-state index is 0.176. The summed E-state index contributed by atoms with van der Waals surface area (Å²) in [6.45, 7) is 12.1. The van der Waals surface area contributed by atoms with E-state index in [1.54, 1.807) is 0 Å². The normalized spacial score (nSPS) is 18.1. The van der Waals surface area contributed by atoms with Crippen LogP contribution in [0.15, 0.2) is 18.2 Å². The van der Waals surface area contributed by atoms with Gasteiger partial charge in [-0.2, -0.15) is 0 Å². The van der Waals surface area contributed by atoms with Gasteiger partial charge in [-0.1, -0.05) is 46.8 Å². The molecule has 1 nitrogen and oxygen atoms in total. The SMILES string of the molecule is CC(C)(C)Cc1ccc2c(c1)OCC2(C)C. The van der Waals surface area contributed by atoms with Crippen LogP contribution in [0.1, 0.15) is 45.7 Å². The van der Waals surface area contributed by atoms with Crippen molar-refractivity contribution in [2.45, 2.75) is 46.5 Å². The summed E-state index contributed by atoms with van der Waals surface area (Å²) in [6.07, 6.45) is 1.10. The molecule has 1 heterocycles. The average molecular weight is 218 g/mol. The van der Waals surface area contributed by atoms with Gasteiger partial charge in [0.2, 0.25) is 0 Å². The van der Waals surface area contributed by atoms with Gasteiger partial charge in [0.15, 0.2) is 0 Å². The van der Waals surface area contributed by atoms with Crippen LogP contribution in [-0.4, -0.2) is 6.61 Å². The summed E-state index contributed by atoms with van der Waals surface area (Å²) < 4.78 is 5.77. The number of benzene rings is 1. The zero-order valence-corrected chi connectivity index (χ0v) is 11.1. The van der Waals surface area contributed by atoms with E-state index in [2.05, 4.69) is 52.8 Å². The second kappa shape index (κ2) is 3.51. The predicted molar refractivity (Wildman–Crippen MR) is 68.1 cm³/mol. The number of hydrogen-bond donors (Lipinski definition) is 0. The van der Waals surface area contributed by atoms with Crippen LogP contribution in [0.4, 0.5) is 0 Å². The van der Waals surface area contributed by atoms with Gasteiger partial charge in [-0.15, -0.1) is 0 Å². The van der Waals surface area contributed by atoms with Crippen molar-refractivity contribution in [1.82, 2.24) is 0 Å². The van der Waals surface area contributed by atoms with E-state index >= 15 is 0 Å². The van der Waals surface area contributed by atoms with E-state index in [1.807, 2.05) is 0 Å². The highest BCUT2D eigenvalue weighted by Gasteiger charge is 2.31. The first-order valence-corrected chi connectivity index (χ1v) is 6.04. The first kappa shape index (κ1) is 11.5. The third-order valence-electron chi connectivity index (χ3n) is 3.10. The van der Waals surface area contributed by atoms with Gasteiger partial charge in [0, 0.05) is 11.0 Å². The van der Waals surface area contributed by atoms with Gasteiger partial charge < -0.3 is 4.74 Å². The van der Waals surface area contributed by atoms with Gasteiger partial charge in [0.1, 0.15) is 5.75 Å². The number of ether oxygens (including phenoxy) is 1. The van der Waals surface area contributed by atoms with E-state index in [0.717, 1.165) is 18.8 Å². The maximum Gasteiger partial charge on any atom is 0.123 e. The Morgan fingerprint density at radius 3 is 2.56 bits per heavy atom. The lowest BCUT2D eigenvalue weighted by molar-refractivity contribution is 0.290. The third kappa shape index (κ3) is 2.23. The molecule has 16 heavy (non-hydrogen) atoms. The number of hydrogen-bond acceptors (Lipinski definition) is 1. The monoisotopic (exact) mass is 218 g/mol. The van der Waals surface area contributed by atoms with Crippen LogP contribution < -0.4 is 4.74 Å². The molecule has 0 aromatic heterocycles. The van der Waals surface area contributed by atoms with Crippen molar-refractivity contribution in [1.29, 1.82) is 0 Å². The maximum absolute atomic E-state index is 5.77. The molecule has 0 fully saturated rings. The average Bonchev–Trinajstić information content (AvgIpc) is 2.39. The van der Waals surface area contributed by atoms with E-state index in [9.17, 15) is 0 Å². The third-order valence-corrected chi connectivity index (χ3v) is 3.10. The molecule has 0 radical (unpaired) electrons. The molecule has 1 aliphatic heterocycles. The van der Waals surface area contributed by atoms with Crippen LogP contribution in [0.25, 0.3) is 0 Å². The fourth-order valence-electron chi connectivity index (χ4n) is 2.30. The van der Waals surface area contributed by atoms with Gasteiger partial charge in [0.25, 0.3) is 0 Å². The molecule has 0 unspecified atom stereocenters. The van der Waals surface area contributed by atoms with Gasteiger partial charge in [0.05, 0.1) is 6.61 Å². The van der Waals surface area contributed by atoms with E-state index in [4.69, 9.17) is 4.74 Å². The molecule has 0 saturated heterocycles. The highest BCUT2D eigenvalue weighted by Crippen LogP contribution is 2.39. The molecule has 2 rings (SSSR count). The zero-order chi connectivity index (χ0) is 12.0. The van der Waals surface area contributed by atoms with Crippen molar-refractivity contribution in [3.05, 3.63) is 29.3 Å². The summed E-state index contributed by atoms with van der Waals surface area (Å²) >= 11 is 0. The second-order valence-electron chi connectivity index (χ2n) is 6.74. The molecule has 0 amide bonds. The largest absolute Gasteiger partial charge is 0.492 e. The predicted octanol–water partition coefficient (Wildman–Crippen LogP) is 3.95. The van der Waals surface area contributed by atoms with Crippen LogP contribution in [0.5, 0.6) is 5.75 Å². The zero-order valence-electron chi connectivity index (χ0n) is 11.1. The lowest BCUT2D eigenvalue weighted by atomic mass is 9.84. The van der Waals surface area contributed by atoms with Gasteiger partial charge in [-0.05, 0) is 23.5 Å². The van der Waals surface area contributed by atoms with Crippen molar-refractivity contribution >= 4 is 0 Å². The van der Waals surface area contributed by atoms with Crippen LogP contribution in [-0.2, 0) is 11.8 Å². The Labute approximate surface area is 98.8 Å². The van der Waals surface area contributed by atoms with E-state index in [-0.39, 0.29) is 5.41 Å². The smallest absolute Gasteiger partial charge is 0.123 e. The molecular formula is C15H22O. The quantitative estimate of drug-likeness (QED) is 0.693. The molecule has 88 valence electrons. The highest BCUT2D eigenvalue weighted by molar-refractivity contribution is 5.45. The standard InChI is InChI=1S/C15H22O/c1-14(2,3)9-11-6-7-12-13(8-11)16-10-15(12,4)5/h6-8H,9-10H2,1-5H3. The molecule has 0 N–H and O–H groups in total. The Balaban J connectivity index is 2.29. The molecular weight excluding hydrogens is 196 g/mol. The summed E-state index contributed by atoms with van der Waals surface area (Å²) in [7, 11) is 0. The summed E-state index contributed by atoms with van der Waals surface area (Å²) in [5.74, 6) is 1.09. The Morgan fingerprint density at radius 2 is 1.94 bits per heavy atom. The van der Waals surface area contributed by atoms with Crippen LogP contribution >= 0.6 is 0 Å². The van der Waals surface area contributed by atoms with Gasteiger partial charge >= 0.3 is 0 Å². The summed E-state index contributed by atoms with van der Waals surface area (Å²) in [5.41, 5.74) is 3.24. The first-order valence-electron chi connectivity index (χ1n) is 6.04. The molecule has 1 aromatic rings. The molecule has 0 saturated carbocycles. The summed E-state index contributed by atoms with van der Waals surface area (Å²) in [6, 6.07) is 6.71. The molecule has 0 spiro atoms. The molecule has 0 aliphatic carbocycles. The van der Waals surface area contributed by atoms with Crippen molar-refractivity contribution in [3.63, 3.8) is 0 Å². The lowest BCUT2D eigenvalue weighted by Crippen LogP contribution is -2.18. The number of fused-ring (bicyclic) bond motifs is 1. The van der Waals surface area contributed by atoms with Crippen molar-refractivity contribution in [2.75, 3.05) is 6.61 Å². The molecule has 1 aliphatic rings. The van der Waals surface area contributed by atoms with Gasteiger partial charge in [-0.25, -0.2) is 0 Å². The highest BCUT2D eigenvalue weighted by atomic mass is 16.5. The fourth-order valence-corrected chi connectivity index (χ4v) is 2.30. The first-order chi connectivity index (χ1) is 7.28. The van der Waals surface area contributed by atoms with E-state index in [0.29, 0.717) is 5.41 Å². The Kier molecular flexibility index (Phi) is 2.52. The Morgan fingerprint density at radius 1 is 1.25 bits per heavy atom. The van der Waals surface area contributed by atoms with Crippen molar-refractivity contribution in [3.8, 4) is 5.75 Å². The van der Waals surface area contributed by atoms with E-state index < -0.39 is 0 Å². The van der Waals surface area contributed by atoms with E-state index in [1.165, 1.54) is 11.1 Å². The fraction of sp³-hybridized carbons (Fsp3) is 0.600. The summed E-state index contributed by atoms with van der Waals surface area (Å²) in [4.78, 5) is 0. The van der Waals surface area contributed by atoms with Crippen LogP contribution in [0.2, 0.25) is 0 Å². The summed E-state index contributed by atoms with van der Waals surface area (Å²) in [5, 5.41) is 0. The van der Waals surface area contributed by atoms with Gasteiger partial charge in [-0.3, -0.25) is 0 Å². The lowest BCUT2D eigenvalue weighted by Gasteiger charge is -2.19. The van der Waals surface area contributed by atoms with Crippen LogP contribution in [0, 0.1) is 5.41 Å². The maximum atomic E-state index is 5.77. The Hall–Kier alpha value is -0.980.